The molecule has 0 aliphatic carbocycles. The number of fused-ring (bicyclic) bond motifs is 25. The van der Waals surface area contributed by atoms with Gasteiger partial charge < -0.3 is 166 Å². The van der Waals surface area contributed by atoms with Crippen molar-refractivity contribution in [3.05, 3.63) is 69.6 Å². The van der Waals surface area contributed by atoms with Crippen molar-refractivity contribution in [3.63, 3.8) is 0 Å². The molecule has 0 saturated carbocycles. The Bertz CT molecular complexity index is 1890. The Morgan fingerprint density at radius 3 is 1.08 bits per heavy atom. The summed E-state index contributed by atoms with van der Waals surface area (Å²) in [5, 5.41) is 262. The highest BCUT2D eigenvalue weighted by atomic mass is 16.7. The minimum atomic E-state index is -2.80. The molecule has 74 heavy (non-hydrogen) atoms. The second-order valence-electron chi connectivity index (χ2n) is 15.8. The van der Waals surface area contributed by atoms with Gasteiger partial charge in [0.15, 0.2) is 64.8 Å². The Morgan fingerprint density at radius 2 is 0.676 bits per heavy atom. The molecule has 3 rings (SSSR count). The Labute approximate surface area is 418 Å². The lowest BCUT2D eigenvalue weighted by atomic mass is 9.98. The highest BCUT2D eigenvalue weighted by molar-refractivity contribution is 5.14. The summed E-state index contributed by atoms with van der Waals surface area (Å²) in [6, 6.07) is 0. The number of hydrogen-bond donors (Lipinski definition) is 25. The largest absolute Gasteiger partial charge is 0.510 e. The van der Waals surface area contributed by atoms with E-state index in [9.17, 15) is 128 Å². The van der Waals surface area contributed by atoms with E-state index in [1.54, 1.807) is 0 Å². The number of ether oxygens (including phenoxy) is 8. The van der Waals surface area contributed by atoms with Crippen LogP contribution in [0.3, 0.4) is 0 Å². The van der Waals surface area contributed by atoms with E-state index in [2.05, 4.69) is 0 Å². The van der Waals surface area contributed by atoms with Gasteiger partial charge in [-0.25, -0.2) is 0 Å². The summed E-state index contributed by atoms with van der Waals surface area (Å²) in [4.78, 5) is 0. The van der Waals surface area contributed by atoms with Crippen LogP contribution in [0.4, 0.5) is 0 Å². The first-order valence-corrected chi connectivity index (χ1v) is 22.2. The molecule has 3 aliphatic heterocycles. The van der Waals surface area contributed by atoms with Crippen LogP contribution >= 0.6 is 0 Å². The van der Waals surface area contributed by atoms with Gasteiger partial charge in [-0.15, -0.1) is 0 Å². The van der Waals surface area contributed by atoms with Gasteiger partial charge in [-0.3, -0.25) is 0 Å². The molecule has 1 saturated heterocycles. The molecule has 0 amide bonds. The minimum Gasteiger partial charge on any atom is -0.510 e. The average Bonchev–Trinajstić information content (AvgIpc) is 3.37. The molecule has 0 spiro atoms. The van der Waals surface area contributed by atoms with Crippen molar-refractivity contribution in [1.29, 1.82) is 0 Å². The summed E-state index contributed by atoms with van der Waals surface area (Å²) in [6.45, 7) is -6.65. The fraction of sp³-hybridized carbons (Fsp3) is 0.707. The van der Waals surface area contributed by atoms with Crippen LogP contribution in [0.2, 0.25) is 0 Å². The van der Waals surface area contributed by atoms with E-state index in [1.165, 1.54) is 0 Å². The topological polar surface area (TPSA) is 580 Å². The Hall–Kier alpha value is -4.80. The molecule has 0 aromatic carbocycles. The van der Waals surface area contributed by atoms with Gasteiger partial charge >= 0.3 is 5.95 Å². The monoisotopic (exact) mass is 1090 g/mol. The summed E-state index contributed by atoms with van der Waals surface area (Å²) >= 11 is 0. The molecule has 0 aromatic heterocycles. The zero-order chi connectivity index (χ0) is 56.1. The van der Waals surface area contributed by atoms with Crippen LogP contribution < -0.4 is 0 Å². The van der Waals surface area contributed by atoms with Gasteiger partial charge in [0.25, 0.3) is 0 Å². The molecule has 2 bridgehead atoms. The van der Waals surface area contributed by atoms with Gasteiger partial charge in [0.05, 0.1) is 6.61 Å². The van der Waals surface area contributed by atoms with Crippen molar-refractivity contribution in [2.75, 3.05) is 46.2 Å². The van der Waals surface area contributed by atoms with Gasteiger partial charge in [-0.2, -0.15) is 0 Å². The lowest BCUT2D eigenvalue weighted by Gasteiger charge is -2.43. The van der Waals surface area contributed by atoms with Gasteiger partial charge in [-0.05, 0) is 0 Å². The Kier molecular flexibility index (Phi) is 28.2. The Morgan fingerprint density at radius 1 is 0.338 bits per heavy atom. The third-order valence-electron chi connectivity index (χ3n) is 10.6. The van der Waals surface area contributed by atoms with Crippen LogP contribution in [0.15, 0.2) is 69.6 Å². The predicted octanol–water partition coefficient (Wildman–Crippen LogP) is -4.94. The first-order valence-electron chi connectivity index (χ1n) is 22.2. The zero-order valence-electron chi connectivity index (χ0n) is 39.0. The fourth-order valence-corrected chi connectivity index (χ4v) is 6.65. The van der Waals surface area contributed by atoms with Crippen LogP contribution in [0, 0.1) is 0 Å². The van der Waals surface area contributed by atoms with Gasteiger partial charge in [-0.1, -0.05) is 0 Å². The molecule has 25 N–H and O–H groups in total. The molecule has 3 aliphatic rings. The third-order valence-corrected chi connectivity index (χ3v) is 10.6. The van der Waals surface area contributed by atoms with Crippen LogP contribution in [-0.4, -0.2) is 273 Å². The van der Waals surface area contributed by atoms with Crippen molar-refractivity contribution < 1.29 is 166 Å². The normalized spacial score (nSPS) is 39.2. The Balaban J connectivity index is 2.83. The van der Waals surface area contributed by atoms with Crippen LogP contribution in [0.25, 0.3) is 0 Å². The number of aliphatic hydroxyl groups is 25. The first-order chi connectivity index (χ1) is 34.9. The number of hydrogen-bond acceptors (Lipinski definition) is 33. The van der Waals surface area contributed by atoms with Crippen molar-refractivity contribution >= 4 is 0 Å². The van der Waals surface area contributed by atoms with Gasteiger partial charge in [0, 0.05) is 84.2 Å². The predicted molar refractivity (Wildman–Crippen MR) is 234 cm³/mol. The summed E-state index contributed by atoms with van der Waals surface area (Å²) in [5.74, 6) is -16.4. The molecule has 16 unspecified atom stereocenters. The van der Waals surface area contributed by atoms with Crippen LogP contribution in [0.1, 0.15) is 38.5 Å². The summed E-state index contributed by atoms with van der Waals surface area (Å²) in [6.07, 6.45) is -40.9. The third kappa shape index (κ3) is 18.2. The fourth-order valence-electron chi connectivity index (χ4n) is 6.65. The smallest absolute Gasteiger partial charge is 0.319 e. The highest BCUT2D eigenvalue weighted by Crippen LogP contribution is 2.31. The lowest BCUT2D eigenvalue weighted by molar-refractivity contribution is -0.329. The lowest BCUT2D eigenvalue weighted by Crippen LogP contribution is -2.61. The van der Waals surface area contributed by atoms with Gasteiger partial charge in [0.1, 0.15) is 60.7 Å². The van der Waals surface area contributed by atoms with E-state index < -0.39 is 247 Å². The minimum absolute atomic E-state index is 0.385. The molecule has 33 nitrogen and oxygen atoms in total. The van der Waals surface area contributed by atoms with E-state index in [0.29, 0.717) is 6.08 Å². The number of aliphatic hydroxyl groups excluding tert-OH is 25. The molecule has 0 aromatic rings. The molecule has 430 valence electrons. The van der Waals surface area contributed by atoms with E-state index in [1.807, 2.05) is 0 Å². The molecular formula is C41H68O33. The number of rotatable bonds is 13. The maximum atomic E-state index is 11.0. The second-order valence-corrected chi connectivity index (χ2v) is 15.8. The van der Waals surface area contributed by atoms with Crippen LogP contribution in [-0.2, 0) is 37.9 Å². The maximum absolute atomic E-state index is 11.0. The van der Waals surface area contributed by atoms with Crippen molar-refractivity contribution in [3.8, 4) is 0 Å². The van der Waals surface area contributed by atoms with Crippen LogP contribution in [0.5, 0.6) is 0 Å². The highest BCUT2D eigenvalue weighted by Gasteiger charge is 2.48. The molecule has 3 heterocycles. The maximum Gasteiger partial charge on any atom is 0.319 e. The molecule has 16 atom stereocenters. The van der Waals surface area contributed by atoms with E-state index in [0.717, 1.165) is 0 Å². The van der Waals surface area contributed by atoms with Crippen molar-refractivity contribution in [2.24, 2.45) is 0 Å². The van der Waals surface area contributed by atoms with E-state index in [-0.39, 0.29) is 0 Å². The first kappa shape index (κ1) is 65.3. The summed E-state index contributed by atoms with van der Waals surface area (Å²) < 4.78 is 41.4. The average molecular weight is 1090 g/mol. The molecule has 1 fully saturated rings. The zero-order valence-corrected chi connectivity index (χ0v) is 39.0. The van der Waals surface area contributed by atoms with Crippen molar-refractivity contribution in [1.82, 2.24) is 0 Å². The van der Waals surface area contributed by atoms with E-state index in [4.69, 9.17) is 37.9 Å². The van der Waals surface area contributed by atoms with E-state index >= 15 is 0 Å². The molecule has 0 radical (unpaired) electrons. The second kappa shape index (κ2) is 31.9. The quantitative estimate of drug-likeness (QED) is 0.0822. The standard InChI is InChI=1S/C41H68O33/c42-7-1-16-15(49)13-23(50)67-21(6-12-47)28(55)36(62)69-17(2-8-43)26(53)33(60)40(66)74-35-22(14-48)73-41(34(61)29(35)56)72-20(5-11-46)27(54)32(59)39(65)71-19(4-10-45)25(52)31(58)38(64)70-18(3-9-44)24(51)30(57)37(63)68-16/h13,16-23,29,34-35,37-66H,1-12,14H2/b15-13?,30-24+,31-25+,32-27+,33-26-,36-28+. The summed E-state index contributed by atoms with van der Waals surface area (Å²) in [7, 11) is 0. The van der Waals surface area contributed by atoms with Crippen molar-refractivity contribution in [2.45, 2.75) is 137 Å². The molecular weight excluding hydrogens is 1020 g/mol. The SMILES string of the molecule is OCCC1OC(O)/C(O)=C(\O)C(CCO)OC(O)/C(O)=C(\O)C(CCO)OC(O)/C(O)=C(\O)C(CCO)OC2OC(CO)C(OC(O)/C(O)=C(/O)C(CCO)O/C(O)=C(/O)C(CCO)OC(O)C=C1O)C(O)C2O. The molecule has 33 heteroatoms. The summed E-state index contributed by atoms with van der Waals surface area (Å²) in [5.41, 5.74) is 0. The van der Waals surface area contributed by atoms with Gasteiger partial charge in [0.2, 0.25) is 30.9 Å².